The van der Waals surface area contributed by atoms with Gasteiger partial charge in [-0.2, -0.15) is 0 Å². The van der Waals surface area contributed by atoms with Crippen LogP contribution in [0.1, 0.15) is 17.2 Å². The van der Waals surface area contributed by atoms with Gasteiger partial charge in [0.1, 0.15) is 0 Å². The first-order chi connectivity index (χ1) is 9.29. The number of para-hydroxylation sites is 1. The van der Waals surface area contributed by atoms with Gasteiger partial charge >= 0.3 is 0 Å². The number of pyridine rings is 1. The van der Waals surface area contributed by atoms with E-state index in [1.807, 2.05) is 19.3 Å². The summed E-state index contributed by atoms with van der Waals surface area (Å²) in [6, 6.07) is 12.7. The average Bonchev–Trinajstić information content (AvgIpc) is 2.86. The van der Waals surface area contributed by atoms with Crippen molar-refractivity contribution in [3.8, 4) is 0 Å². The van der Waals surface area contributed by atoms with E-state index in [9.17, 15) is 0 Å². The van der Waals surface area contributed by atoms with Crippen LogP contribution in [0.4, 0.5) is 0 Å². The van der Waals surface area contributed by atoms with E-state index in [1.165, 1.54) is 16.5 Å². The molecule has 0 saturated heterocycles. The number of hydrogen-bond donors (Lipinski definition) is 1. The molecule has 19 heavy (non-hydrogen) atoms. The van der Waals surface area contributed by atoms with Crippen LogP contribution in [0.3, 0.4) is 0 Å². The summed E-state index contributed by atoms with van der Waals surface area (Å²) in [4.78, 5) is 4.53. The number of hydrogen-bond acceptors (Lipinski definition) is 3. The molecule has 1 unspecified atom stereocenters. The van der Waals surface area contributed by atoms with Gasteiger partial charge in [-0.05, 0) is 51.6 Å². The first-order valence-electron chi connectivity index (χ1n) is 6.04. The average molecular weight is 333 g/mol. The highest BCUT2D eigenvalue weighted by Crippen LogP contribution is 2.31. The van der Waals surface area contributed by atoms with E-state index in [1.54, 1.807) is 11.3 Å². The zero-order valence-electron chi connectivity index (χ0n) is 10.4. The Morgan fingerprint density at radius 1 is 1.26 bits per heavy atom. The molecule has 0 fully saturated rings. The highest BCUT2D eigenvalue weighted by Gasteiger charge is 2.16. The number of rotatable bonds is 3. The Hall–Kier alpha value is -1.23. The van der Waals surface area contributed by atoms with Gasteiger partial charge in [0, 0.05) is 11.6 Å². The minimum atomic E-state index is 0.168. The number of halogens is 1. The quantitative estimate of drug-likeness (QED) is 0.770. The maximum atomic E-state index is 4.53. The number of thiophene rings is 1. The molecule has 2 nitrogen and oxygen atoms in total. The van der Waals surface area contributed by atoms with Crippen molar-refractivity contribution < 1.29 is 0 Å². The molecule has 0 bridgehead atoms. The van der Waals surface area contributed by atoms with Gasteiger partial charge in [-0.15, -0.1) is 11.3 Å². The molecule has 0 spiro atoms. The summed E-state index contributed by atoms with van der Waals surface area (Å²) >= 11 is 5.23. The number of fused-ring (bicyclic) bond motifs is 1. The molecule has 0 aliphatic heterocycles. The Kier molecular flexibility index (Phi) is 3.64. The number of benzene rings is 1. The highest BCUT2D eigenvalue weighted by molar-refractivity contribution is 9.11. The van der Waals surface area contributed by atoms with Gasteiger partial charge in [-0.3, -0.25) is 4.98 Å². The van der Waals surface area contributed by atoms with Crippen LogP contribution in [0.25, 0.3) is 10.9 Å². The Morgan fingerprint density at radius 2 is 2.11 bits per heavy atom. The molecule has 96 valence electrons. The topological polar surface area (TPSA) is 24.9 Å². The van der Waals surface area contributed by atoms with Gasteiger partial charge in [-0.25, -0.2) is 0 Å². The maximum Gasteiger partial charge on any atom is 0.0753 e. The second-order valence-corrected chi connectivity index (χ2v) is 6.62. The van der Waals surface area contributed by atoms with Crippen molar-refractivity contribution in [2.75, 3.05) is 7.05 Å². The maximum absolute atomic E-state index is 4.53. The molecule has 3 rings (SSSR count). The third-order valence-corrected chi connectivity index (χ3v) is 4.71. The van der Waals surface area contributed by atoms with Crippen LogP contribution < -0.4 is 5.32 Å². The van der Waals surface area contributed by atoms with Crippen LogP contribution in [0.5, 0.6) is 0 Å². The van der Waals surface area contributed by atoms with E-state index in [0.717, 1.165) is 9.30 Å². The van der Waals surface area contributed by atoms with Crippen LogP contribution in [-0.4, -0.2) is 12.0 Å². The van der Waals surface area contributed by atoms with E-state index in [-0.39, 0.29) is 6.04 Å². The summed E-state index contributed by atoms with van der Waals surface area (Å²) in [5.41, 5.74) is 3.54. The van der Waals surface area contributed by atoms with Gasteiger partial charge in [0.25, 0.3) is 0 Å². The smallest absolute Gasteiger partial charge is 0.0753 e. The molecule has 2 aromatic heterocycles. The molecule has 0 radical (unpaired) electrons. The van der Waals surface area contributed by atoms with Crippen LogP contribution in [0, 0.1) is 0 Å². The van der Waals surface area contributed by atoms with Crippen LogP contribution in [0.2, 0.25) is 0 Å². The third kappa shape index (κ3) is 2.43. The van der Waals surface area contributed by atoms with Crippen LogP contribution in [-0.2, 0) is 0 Å². The van der Waals surface area contributed by atoms with Crippen LogP contribution >= 0.6 is 27.3 Å². The van der Waals surface area contributed by atoms with Crippen molar-refractivity contribution in [2.45, 2.75) is 6.04 Å². The van der Waals surface area contributed by atoms with Crippen molar-refractivity contribution in [3.05, 3.63) is 62.9 Å². The predicted molar refractivity (Wildman–Crippen MR) is 84.7 cm³/mol. The second kappa shape index (κ2) is 5.41. The van der Waals surface area contributed by atoms with Gasteiger partial charge < -0.3 is 5.32 Å². The standard InChI is InChI=1S/C15H13BrN2S/c1-17-14(11-8-13(16)19-9-11)12-6-2-4-10-5-3-7-18-15(10)12/h2-9,14,17H,1H3. The van der Waals surface area contributed by atoms with E-state index in [2.05, 4.69) is 61.9 Å². The summed E-state index contributed by atoms with van der Waals surface area (Å²) in [6.45, 7) is 0. The molecule has 0 aliphatic rings. The van der Waals surface area contributed by atoms with Gasteiger partial charge in [0.05, 0.1) is 15.3 Å². The zero-order valence-corrected chi connectivity index (χ0v) is 12.8. The van der Waals surface area contributed by atoms with Crippen molar-refractivity contribution in [2.24, 2.45) is 0 Å². The number of nitrogens with zero attached hydrogens (tertiary/aromatic N) is 1. The van der Waals surface area contributed by atoms with Gasteiger partial charge in [0.15, 0.2) is 0 Å². The summed E-state index contributed by atoms with van der Waals surface area (Å²) in [6.07, 6.45) is 1.85. The summed E-state index contributed by atoms with van der Waals surface area (Å²) in [5, 5.41) is 6.74. The van der Waals surface area contributed by atoms with Crippen molar-refractivity contribution in [1.29, 1.82) is 0 Å². The van der Waals surface area contributed by atoms with E-state index >= 15 is 0 Å². The molecular formula is C15H13BrN2S. The zero-order chi connectivity index (χ0) is 13.2. The van der Waals surface area contributed by atoms with Crippen LogP contribution in [0.15, 0.2) is 51.8 Å². The third-order valence-electron chi connectivity index (χ3n) is 3.18. The number of nitrogens with one attached hydrogen (secondary N) is 1. The lowest BCUT2D eigenvalue weighted by Crippen LogP contribution is -2.17. The molecule has 0 aliphatic carbocycles. The largest absolute Gasteiger partial charge is 0.309 e. The molecule has 1 atom stereocenters. The second-order valence-electron chi connectivity index (χ2n) is 4.33. The fourth-order valence-electron chi connectivity index (χ4n) is 2.34. The summed E-state index contributed by atoms with van der Waals surface area (Å²) in [5.74, 6) is 0. The molecule has 3 aromatic rings. The number of aromatic nitrogens is 1. The summed E-state index contributed by atoms with van der Waals surface area (Å²) < 4.78 is 1.15. The predicted octanol–water partition coefficient (Wildman–Crippen LogP) is 4.37. The Balaban J connectivity index is 2.16. The van der Waals surface area contributed by atoms with Crippen molar-refractivity contribution in [1.82, 2.24) is 10.3 Å². The first-order valence-corrected chi connectivity index (χ1v) is 7.71. The van der Waals surface area contributed by atoms with Gasteiger partial charge in [0.2, 0.25) is 0 Å². The first kappa shape index (κ1) is 12.8. The minimum Gasteiger partial charge on any atom is -0.309 e. The van der Waals surface area contributed by atoms with E-state index in [4.69, 9.17) is 0 Å². The monoisotopic (exact) mass is 332 g/mol. The lowest BCUT2D eigenvalue weighted by atomic mass is 9.98. The molecule has 4 heteroatoms. The molecule has 1 N–H and O–H groups in total. The highest BCUT2D eigenvalue weighted by atomic mass is 79.9. The Labute approximate surface area is 124 Å². The lowest BCUT2D eigenvalue weighted by Gasteiger charge is -2.17. The molecule has 0 saturated carbocycles. The van der Waals surface area contributed by atoms with E-state index in [0.29, 0.717) is 0 Å². The van der Waals surface area contributed by atoms with Crippen molar-refractivity contribution >= 4 is 38.2 Å². The Morgan fingerprint density at radius 3 is 2.84 bits per heavy atom. The van der Waals surface area contributed by atoms with E-state index < -0.39 is 0 Å². The Bertz CT molecular complexity index is 703. The molecular weight excluding hydrogens is 320 g/mol. The SMILES string of the molecule is CNC(c1csc(Br)c1)c1cccc2cccnc12. The molecule has 2 heterocycles. The lowest BCUT2D eigenvalue weighted by molar-refractivity contribution is 0.698. The fraction of sp³-hybridized carbons (Fsp3) is 0.133. The molecule has 1 aromatic carbocycles. The fourth-order valence-corrected chi connectivity index (χ4v) is 3.54. The summed E-state index contributed by atoms with van der Waals surface area (Å²) in [7, 11) is 1.98. The van der Waals surface area contributed by atoms with Gasteiger partial charge in [-0.1, -0.05) is 24.3 Å². The normalized spacial score (nSPS) is 12.7. The van der Waals surface area contributed by atoms with Crippen molar-refractivity contribution in [3.63, 3.8) is 0 Å². The molecule has 0 amide bonds. The minimum absolute atomic E-state index is 0.168.